The van der Waals surface area contributed by atoms with Crippen molar-refractivity contribution in [2.75, 3.05) is 26.9 Å². The van der Waals surface area contributed by atoms with Crippen molar-refractivity contribution in [1.82, 2.24) is 10.2 Å². The third-order valence-electron chi connectivity index (χ3n) is 2.82. The van der Waals surface area contributed by atoms with E-state index in [9.17, 15) is 14.4 Å². The van der Waals surface area contributed by atoms with Gasteiger partial charge in [-0.2, -0.15) is 0 Å². The summed E-state index contributed by atoms with van der Waals surface area (Å²) in [5.74, 6) is -1.97. The summed E-state index contributed by atoms with van der Waals surface area (Å²) >= 11 is 0. The number of rotatable bonds is 4. The van der Waals surface area contributed by atoms with E-state index < -0.39 is 30.4 Å². The fraction of sp³-hybridized carbons (Fsp3) is 0.727. The van der Waals surface area contributed by atoms with Crippen LogP contribution in [0.25, 0.3) is 0 Å². The Morgan fingerprint density at radius 1 is 1.53 bits per heavy atom. The predicted octanol–water partition coefficient (Wildman–Crippen LogP) is -0.567. The van der Waals surface area contributed by atoms with Crippen molar-refractivity contribution >= 4 is 18.0 Å². The van der Waals surface area contributed by atoms with Crippen LogP contribution in [0.4, 0.5) is 4.79 Å². The number of carbonyl (C=O) groups is 3. The fourth-order valence-corrected chi connectivity index (χ4v) is 1.71. The summed E-state index contributed by atoms with van der Waals surface area (Å²) in [6.07, 6.45) is -0.406. The maximum absolute atomic E-state index is 11.9. The number of amides is 2. The molecular formula is C11H18N2O6. The average Bonchev–Trinajstić information content (AvgIpc) is 2.37. The fourth-order valence-electron chi connectivity index (χ4n) is 1.71. The highest BCUT2D eigenvalue weighted by molar-refractivity contribution is 5.86. The first-order valence-corrected chi connectivity index (χ1v) is 5.90. The Morgan fingerprint density at radius 2 is 2.21 bits per heavy atom. The van der Waals surface area contributed by atoms with Gasteiger partial charge in [0, 0.05) is 6.54 Å². The highest BCUT2D eigenvalue weighted by Crippen LogP contribution is 2.07. The molecule has 2 atom stereocenters. The molecule has 1 aliphatic heterocycles. The van der Waals surface area contributed by atoms with Gasteiger partial charge in [-0.15, -0.1) is 0 Å². The highest BCUT2D eigenvalue weighted by atomic mass is 16.5. The SMILES string of the molecule is COC(=O)C[C@H](NC(=O)N1CCOCC1C)C(=O)O. The van der Waals surface area contributed by atoms with E-state index in [0.717, 1.165) is 7.11 Å². The number of nitrogens with one attached hydrogen (secondary N) is 1. The molecule has 0 aliphatic carbocycles. The van der Waals surface area contributed by atoms with Gasteiger partial charge < -0.3 is 24.8 Å². The molecule has 0 radical (unpaired) electrons. The first-order valence-electron chi connectivity index (χ1n) is 5.90. The normalized spacial score (nSPS) is 20.5. The van der Waals surface area contributed by atoms with Crippen LogP contribution in [0, 0.1) is 0 Å². The number of carboxylic acid groups (broad SMARTS) is 1. The molecule has 0 bridgehead atoms. The van der Waals surface area contributed by atoms with Gasteiger partial charge in [0.25, 0.3) is 0 Å². The molecule has 2 amide bonds. The quantitative estimate of drug-likeness (QED) is 0.665. The maximum Gasteiger partial charge on any atom is 0.326 e. The van der Waals surface area contributed by atoms with Crippen LogP contribution >= 0.6 is 0 Å². The number of urea groups is 1. The van der Waals surface area contributed by atoms with Crippen molar-refractivity contribution < 1.29 is 29.0 Å². The number of carboxylic acids is 1. The van der Waals surface area contributed by atoms with Crippen molar-refractivity contribution in [2.45, 2.75) is 25.4 Å². The Balaban J connectivity index is 2.60. The molecule has 0 aromatic carbocycles. The number of nitrogens with zero attached hydrogens (tertiary/aromatic N) is 1. The first-order chi connectivity index (χ1) is 8.95. The Bertz CT molecular complexity index is 359. The molecular weight excluding hydrogens is 256 g/mol. The molecule has 0 saturated carbocycles. The van der Waals surface area contributed by atoms with Crippen LogP contribution in [0.1, 0.15) is 13.3 Å². The van der Waals surface area contributed by atoms with Crippen LogP contribution in [0.15, 0.2) is 0 Å². The van der Waals surface area contributed by atoms with Crippen LogP contribution in [-0.4, -0.2) is 66.9 Å². The van der Waals surface area contributed by atoms with Crippen LogP contribution in [-0.2, 0) is 19.1 Å². The summed E-state index contributed by atoms with van der Waals surface area (Å²) < 4.78 is 9.58. The van der Waals surface area contributed by atoms with Crippen LogP contribution < -0.4 is 5.32 Å². The summed E-state index contributed by atoms with van der Waals surface area (Å²) in [4.78, 5) is 35.5. The summed E-state index contributed by atoms with van der Waals surface area (Å²) in [6, 6.07) is -1.96. The lowest BCUT2D eigenvalue weighted by Gasteiger charge is -2.33. The van der Waals surface area contributed by atoms with Gasteiger partial charge in [-0.3, -0.25) is 4.79 Å². The lowest BCUT2D eigenvalue weighted by molar-refractivity contribution is -0.147. The number of hydrogen-bond acceptors (Lipinski definition) is 5. The molecule has 1 saturated heterocycles. The number of carbonyl (C=O) groups excluding carboxylic acids is 2. The standard InChI is InChI=1S/C11H18N2O6/c1-7-6-19-4-3-13(7)11(17)12-8(10(15)16)5-9(14)18-2/h7-8H,3-6H2,1-2H3,(H,12,17)(H,15,16)/t7?,8-/m0/s1. The monoisotopic (exact) mass is 274 g/mol. The number of methoxy groups -OCH3 is 1. The Hall–Kier alpha value is -1.83. The van der Waals surface area contributed by atoms with E-state index in [0.29, 0.717) is 19.8 Å². The Labute approximate surface area is 110 Å². The van der Waals surface area contributed by atoms with Crippen molar-refractivity contribution in [1.29, 1.82) is 0 Å². The van der Waals surface area contributed by atoms with E-state index in [1.54, 1.807) is 6.92 Å². The number of hydrogen-bond donors (Lipinski definition) is 2. The van der Waals surface area contributed by atoms with Crippen molar-refractivity contribution in [2.24, 2.45) is 0 Å². The van der Waals surface area contributed by atoms with Gasteiger partial charge in [-0.1, -0.05) is 0 Å². The van der Waals surface area contributed by atoms with Gasteiger partial charge in [0.2, 0.25) is 0 Å². The van der Waals surface area contributed by atoms with Gasteiger partial charge in [0.15, 0.2) is 0 Å². The number of aliphatic carboxylic acids is 1. The molecule has 0 aromatic rings. The minimum atomic E-state index is -1.30. The zero-order valence-electron chi connectivity index (χ0n) is 10.9. The Kier molecular flexibility index (Phi) is 5.56. The molecule has 8 nitrogen and oxygen atoms in total. The highest BCUT2D eigenvalue weighted by Gasteiger charge is 2.29. The largest absolute Gasteiger partial charge is 0.480 e. The molecule has 108 valence electrons. The number of ether oxygens (including phenoxy) is 2. The second-order valence-electron chi connectivity index (χ2n) is 4.24. The Morgan fingerprint density at radius 3 is 2.74 bits per heavy atom. The molecule has 0 spiro atoms. The van der Waals surface area contributed by atoms with Gasteiger partial charge in [0.05, 0.1) is 32.8 Å². The van der Waals surface area contributed by atoms with E-state index in [-0.39, 0.29) is 6.04 Å². The second-order valence-corrected chi connectivity index (χ2v) is 4.24. The first kappa shape index (κ1) is 15.2. The molecule has 0 aromatic heterocycles. The van der Waals surface area contributed by atoms with Crippen LogP contribution in [0.2, 0.25) is 0 Å². The predicted molar refractivity (Wildman–Crippen MR) is 63.6 cm³/mol. The molecule has 1 fully saturated rings. The molecule has 2 N–H and O–H groups in total. The topological polar surface area (TPSA) is 105 Å². The summed E-state index contributed by atoms with van der Waals surface area (Å²) in [7, 11) is 1.16. The van der Waals surface area contributed by atoms with E-state index >= 15 is 0 Å². The van der Waals surface area contributed by atoms with E-state index in [1.807, 2.05) is 0 Å². The van der Waals surface area contributed by atoms with Gasteiger partial charge >= 0.3 is 18.0 Å². The average molecular weight is 274 g/mol. The minimum Gasteiger partial charge on any atom is -0.480 e. The lowest BCUT2D eigenvalue weighted by Crippen LogP contribution is -2.55. The van der Waals surface area contributed by atoms with E-state index in [1.165, 1.54) is 4.90 Å². The van der Waals surface area contributed by atoms with Crippen LogP contribution in [0.5, 0.6) is 0 Å². The zero-order valence-corrected chi connectivity index (χ0v) is 10.9. The maximum atomic E-state index is 11.9. The number of morpholine rings is 1. The van der Waals surface area contributed by atoms with Crippen molar-refractivity contribution in [3.8, 4) is 0 Å². The third-order valence-corrected chi connectivity index (χ3v) is 2.82. The summed E-state index contributed by atoms with van der Waals surface area (Å²) in [5, 5.41) is 11.3. The minimum absolute atomic E-state index is 0.138. The van der Waals surface area contributed by atoms with Crippen LogP contribution in [0.3, 0.4) is 0 Å². The second kappa shape index (κ2) is 6.93. The van der Waals surface area contributed by atoms with Crippen molar-refractivity contribution in [3.05, 3.63) is 0 Å². The van der Waals surface area contributed by atoms with Gasteiger partial charge in [-0.25, -0.2) is 9.59 Å². The van der Waals surface area contributed by atoms with Crippen molar-refractivity contribution in [3.63, 3.8) is 0 Å². The molecule has 1 rings (SSSR count). The number of esters is 1. The van der Waals surface area contributed by atoms with Gasteiger partial charge in [-0.05, 0) is 6.92 Å². The zero-order chi connectivity index (χ0) is 14.4. The van der Waals surface area contributed by atoms with Gasteiger partial charge in [0.1, 0.15) is 6.04 Å². The molecule has 19 heavy (non-hydrogen) atoms. The molecule has 8 heteroatoms. The summed E-state index contributed by atoms with van der Waals surface area (Å²) in [5.41, 5.74) is 0. The molecule has 1 heterocycles. The lowest BCUT2D eigenvalue weighted by atomic mass is 10.2. The third kappa shape index (κ3) is 4.40. The smallest absolute Gasteiger partial charge is 0.326 e. The van der Waals surface area contributed by atoms with E-state index in [2.05, 4.69) is 10.1 Å². The molecule has 1 unspecified atom stereocenters. The van der Waals surface area contributed by atoms with E-state index in [4.69, 9.17) is 9.84 Å². The molecule has 1 aliphatic rings. The summed E-state index contributed by atoms with van der Waals surface area (Å²) in [6.45, 7) is 3.00.